The van der Waals surface area contributed by atoms with E-state index in [1.54, 1.807) is 24.3 Å². The lowest BCUT2D eigenvalue weighted by atomic mass is 9.82. The van der Waals surface area contributed by atoms with Gasteiger partial charge in [0.25, 0.3) is 11.5 Å². The van der Waals surface area contributed by atoms with Crippen LogP contribution in [-0.2, 0) is 6.54 Å². The van der Waals surface area contributed by atoms with Gasteiger partial charge in [-0.1, -0.05) is 31.4 Å². The molecule has 1 fully saturated rings. The Labute approximate surface area is 178 Å². The van der Waals surface area contributed by atoms with Crippen LogP contribution in [0.1, 0.15) is 48.0 Å². The van der Waals surface area contributed by atoms with Crippen molar-refractivity contribution in [1.82, 2.24) is 14.9 Å². The van der Waals surface area contributed by atoms with E-state index in [1.807, 2.05) is 0 Å². The van der Waals surface area contributed by atoms with Gasteiger partial charge in [0, 0.05) is 6.20 Å². The first kappa shape index (κ1) is 21.0. The number of aliphatic hydroxyl groups is 1. The van der Waals surface area contributed by atoms with Gasteiger partial charge in [-0.3, -0.25) is 14.2 Å². The van der Waals surface area contributed by atoms with Gasteiger partial charge in [-0.2, -0.15) is 0 Å². The molecule has 2 heterocycles. The maximum atomic E-state index is 13.3. The molecule has 0 atom stereocenters. The van der Waals surface area contributed by atoms with Crippen LogP contribution < -0.4 is 10.9 Å². The van der Waals surface area contributed by atoms with Gasteiger partial charge in [0.15, 0.2) is 0 Å². The lowest BCUT2D eigenvalue weighted by Gasteiger charge is -2.36. The molecule has 4 rings (SSSR count). The van der Waals surface area contributed by atoms with Crippen molar-refractivity contribution in [3.63, 3.8) is 0 Å². The maximum Gasteiger partial charge on any atom is 0.269 e. The van der Waals surface area contributed by atoms with E-state index in [0.717, 1.165) is 19.3 Å². The quantitative estimate of drug-likeness (QED) is 0.583. The van der Waals surface area contributed by atoms with Crippen molar-refractivity contribution in [2.75, 3.05) is 6.61 Å². The fraction of sp³-hybridized carbons (Fsp3) is 0.348. The van der Waals surface area contributed by atoms with E-state index in [4.69, 9.17) is 0 Å². The monoisotopic (exact) mass is 425 g/mol. The molecule has 2 aromatic heterocycles. The van der Waals surface area contributed by atoms with Crippen molar-refractivity contribution in [2.45, 2.75) is 44.2 Å². The van der Waals surface area contributed by atoms with E-state index in [1.165, 1.54) is 22.9 Å². The Balaban J connectivity index is 1.81. The molecule has 0 unspecified atom stereocenters. The van der Waals surface area contributed by atoms with Crippen molar-refractivity contribution < 1.29 is 19.4 Å². The fourth-order valence-corrected chi connectivity index (χ4v) is 4.24. The second-order valence-electron chi connectivity index (χ2n) is 8.07. The molecule has 1 aromatic carbocycles. The number of nitrogens with zero attached hydrogens (tertiary/aromatic N) is 2. The molecule has 162 valence electrons. The molecule has 7 nitrogen and oxygen atoms in total. The van der Waals surface area contributed by atoms with E-state index >= 15 is 0 Å². The molecule has 1 amide bonds. The molecule has 0 spiro atoms. The summed E-state index contributed by atoms with van der Waals surface area (Å²) in [7, 11) is 0. The Bertz CT molecular complexity index is 1170. The minimum absolute atomic E-state index is 0.0539. The molecule has 8 heteroatoms. The fourth-order valence-electron chi connectivity index (χ4n) is 4.24. The average molecular weight is 425 g/mol. The van der Waals surface area contributed by atoms with Crippen LogP contribution in [-0.4, -0.2) is 37.8 Å². The smallest absolute Gasteiger partial charge is 0.269 e. The van der Waals surface area contributed by atoms with E-state index < -0.39 is 28.6 Å². The number of pyridine rings is 2. The predicted octanol–water partition coefficient (Wildman–Crippen LogP) is 2.71. The molecule has 3 aromatic rings. The van der Waals surface area contributed by atoms with Crippen LogP contribution in [0.5, 0.6) is 5.75 Å². The van der Waals surface area contributed by atoms with Crippen LogP contribution in [0.4, 0.5) is 4.39 Å². The normalized spacial score (nSPS) is 15.7. The summed E-state index contributed by atoms with van der Waals surface area (Å²) in [5, 5.41) is 23.8. The Morgan fingerprint density at radius 2 is 1.87 bits per heavy atom. The van der Waals surface area contributed by atoms with Crippen molar-refractivity contribution >= 4 is 16.9 Å². The highest BCUT2D eigenvalue weighted by atomic mass is 19.1. The Morgan fingerprint density at radius 3 is 2.55 bits per heavy atom. The molecule has 1 saturated carbocycles. The second-order valence-corrected chi connectivity index (χ2v) is 8.07. The molecule has 31 heavy (non-hydrogen) atoms. The summed E-state index contributed by atoms with van der Waals surface area (Å²) in [5.74, 6) is -1.56. The first-order valence-corrected chi connectivity index (χ1v) is 10.3. The summed E-state index contributed by atoms with van der Waals surface area (Å²) in [4.78, 5) is 30.7. The number of hydrogen-bond donors (Lipinski definition) is 3. The van der Waals surface area contributed by atoms with Crippen molar-refractivity contribution in [2.24, 2.45) is 0 Å². The van der Waals surface area contributed by atoms with E-state index in [0.29, 0.717) is 18.4 Å². The number of aromatic nitrogens is 2. The summed E-state index contributed by atoms with van der Waals surface area (Å²) in [6, 6.07) is 8.86. The van der Waals surface area contributed by atoms with Gasteiger partial charge in [0.2, 0.25) is 0 Å². The number of benzene rings is 1. The Kier molecular flexibility index (Phi) is 5.73. The number of rotatable bonds is 5. The second kappa shape index (κ2) is 8.47. The van der Waals surface area contributed by atoms with Gasteiger partial charge in [-0.15, -0.1) is 0 Å². The van der Waals surface area contributed by atoms with Gasteiger partial charge in [0.05, 0.1) is 24.1 Å². The van der Waals surface area contributed by atoms with E-state index in [9.17, 15) is 24.2 Å². The molecule has 0 saturated heterocycles. The molecule has 3 N–H and O–H groups in total. The average Bonchev–Trinajstić information content (AvgIpc) is 2.78. The lowest BCUT2D eigenvalue weighted by Crippen LogP contribution is -2.53. The predicted molar refractivity (Wildman–Crippen MR) is 114 cm³/mol. The third-order valence-electron chi connectivity index (χ3n) is 5.97. The minimum atomic E-state index is -0.806. The topological polar surface area (TPSA) is 104 Å². The number of hydrogen-bond acceptors (Lipinski definition) is 5. The highest BCUT2D eigenvalue weighted by Gasteiger charge is 2.35. The SMILES string of the molecule is O=C(NC1(CO)CCCCC1)c1c(O)c2cccnc2n(Cc2ccc(F)cc2)c1=O. The third-order valence-corrected chi connectivity index (χ3v) is 5.97. The van der Waals surface area contributed by atoms with Crippen molar-refractivity contribution in [3.8, 4) is 5.75 Å². The number of carbonyl (C=O) groups is 1. The van der Waals surface area contributed by atoms with Gasteiger partial charge >= 0.3 is 0 Å². The zero-order valence-corrected chi connectivity index (χ0v) is 17.0. The molecule has 1 aliphatic carbocycles. The molecule has 0 aliphatic heterocycles. The maximum absolute atomic E-state index is 13.3. The van der Waals surface area contributed by atoms with Gasteiger partial charge in [-0.05, 0) is 42.7 Å². The third kappa shape index (κ3) is 4.03. The Morgan fingerprint density at radius 1 is 1.16 bits per heavy atom. The minimum Gasteiger partial charge on any atom is -0.506 e. The summed E-state index contributed by atoms with van der Waals surface area (Å²) in [5.41, 5.74) is -1.03. The van der Waals surface area contributed by atoms with Crippen LogP contribution in [0, 0.1) is 5.82 Å². The van der Waals surface area contributed by atoms with Gasteiger partial charge in [-0.25, -0.2) is 9.37 Å². The molecule has 0 radical (unpaired) electrons. The standard InChI is InChI=1S/C23H24FN3O4/c24-16-8-6-15(7-9-16)13-27-20-17(5-4-12-25-20)19(29)18(22(27)31)21(30)26-23(14-28)10-2-1-3-11-23/h4-9,12,28-29H,1-3,10-11,13-14H2,(H,26,30). The number of halogens is 1. The number of nitrogens with one attached hydrogen (secondary N) is 1. The summed E-state index contributed by atoms with van der Waals surface area (Å²) < 4.78 is 14.6. The van der Waals surface area contributed by atoms with Crippen LogP contribution in [0.25, 0.3) is 11.0 Å². The van der Waals surface area contributed by atoms with Crippen molar-refractivity contribution in [1.29, 1.82) is 0 Å². The molecule has 1 aliphatic rings. The number of aromatic hydroxyl groups is 1. The first-order chi connectivity index (χ1) is 14.9. The summed E-state index contributed by atoms with van der Waals surface area (Å²) in [6.07, 6.45) is 5.45. The number of carbonyl (C=O) groups excluding carboxylic acids is 1. The van der Waals surface area contributed by atoms with Gasteiger partial charge < -0.3 is 15.5 Å². The number of amides is 1. The zero-order chi connectivity index (χ0) is 22.0. The molecular weight excluding hydrogens is 401 g/mol. The van der Waals surface area contributed by atoms with E-state index in [2.05, 4.69) is 10.3 Å². The largest absolute Gasteiger partial charge is 0.506 e. The van der Waals surface area contributed by atoms with Crippen LogP contribution >= 0.6 is 0 Å². The van der Waals surface area contributed by atoms with Crippen LogP contribution in [0.15, 0.2) is 47.4 Å². The lowest BCUT2D eigenvalue weighted by molar-refractivity contribution is 0.0754. The van der Waals surface area contributed by atoms with Crippen LogP contribution in [0.3, 0.4) is 0 Å². The highest BCUT2D eigenvalue weighted by molar-refractivity contribution is 6.02. The Hall–Kier alpha value is -3.26. The first-order valence-electron chi connectivity index (χ1n) is 10.3. The zero-order valence-electron chi connectivity index (χ0n) is 17.0. The van der Waals surface area contributed by atoms with Gasteiger partial charge in [0.1, 0.15) is 22.8 Å². The molecular formula is C23H24FN3O4. The summed E-state index contributed by atoms with van der Waals surface area (Å²) in [6.45, 7) is -0.184. The highest BCUT2D eigenvalue weighted by Crippen LogP contribution is 2.30. The van der Waals surface area contributed by atoms with Crippen molar-refractivity contribution in [3.05, 3.63) is 69.9 Å². The number of aliphatic hydroxyl groups excluding tert-OH is 1. The van der Waals surface area contributed by atoms with E-state index in [-0.39, 0.29) is 29.7 Å². The molecule has 0 bridgehead atoms. The number of fused-ring (bicyclic) bond motifs is 1. The summed E-state index contributed by atoms with van der Waals surface area (Å²) >= 11 is 0. The van der Waals surface area contributed by atoms with Crippen LogP contribution in [0.2, 0.25) is 0 Å².